The van der Waals surface area contributed by atoms with Crippen LogP contribution in [0.5, 0.6) is 0 Å². The van der Waals surface area contributed by atoms with Gasteiger partial charge in [-0.25, -0.2) is 15.6 Å². The van der Waals surface area contributed by atoms with Crippen LogP contribution in [0.3, 0.4) is 0 Å². The Kier molecular flexibility index (Phi) is 9.04. The molecule has 2 amide bonds. The van der Waals surface area contributed by atoms with E-state index in [1.54, 1.807) is 23.1 Å². The Balaban J connectivity index is 1.61. The molecule has 1 aliphatic heterocycles. The first kappa shape index (κ1) is 27.3. The van der Waals surface area contributed by atoms with Crippen molar-refractivity contribution in [1.29, 1.82) is 0 Å². The molecule has 0 atom stereocenters. The lowest BCUT2D eigenvalue weighted by Crippen LogP contribution is -2.42. The fourth-order valence-electron chi connectivity index (χ4n) is 3.69. The van der Waals surface area contributed by atoms with Gasteiger partial charge in [0.25, 0.3) is 5.91 Å². The Bertz CT molecular complexity index is 1050. The molecule has 9 nitrogen and oxygen atoms in total. The monoisotopic (exact) mass is 542 g/mol. The summed E-state index contributed by atoms with van der Waals surface area (Å²) >= 11 is 18.3. The van der Waals surface area contributed by atoms with E-state index in [2.05, 4.69) is 15.3 Å². The van der Waals surface area contributed by atoms with Gasteiger partial charge in [0.2, 0.25) is 5.28 Å². The number of aromatic nitrogens is 2. The van der Waals surface area contributed by atoms with Gasteiger partial charge in [0.1, 0.15) is 11.2 Å². The van der Waals surface area contributed by atoms with Gasteiger partial charge < -0.3 is 15.0 Å². The molecule has 0 bridgehead atoms. The second-order valence-electron chi connectivity index (χ2n) is 9.32. The molecule has 35 heavy (non-hydrogen) atoms. The average molecular weight is 544 g/mol. The SMILES string of the molecule is CC(C)(C)OC(=O)N1CCC(CCN(N)c2nc(Cl)ncc2C(=O)Nc2c(Cl)cccc2Cl)CC1. The highest BCUT2D eigenvalue weighted by molar-refractivity contribution is 6.40. The number of hydrogen-bond donors (Lipinski definition) is 2. The van der Waals surface area contributed by atoms with Crippen LogP contribution in [0.1, 0.15) is 50.4 Å². The Morgan fingerprint density at radius 1 is 1.20 bits per heavy atom. The Labute approximate surface area is 219 Å². The van der Waals surface area contributed by atoms with Crippen molar-refractivity contribution in [2.45, 2.75) is 45.6 Å². The van der Waals surface area contributed by atoms with Crippen LogP contribution in [0.4, 0.5) is 16.3 Å². The second kappa shape index (κ2) is 11.6. The second-order valence-corrected chi connectivity index (χ2v) is 10.5. The number of carbonyl (C=O) groups excluding carboxylic acids is 2. The van der Waals surface area contributed by atoms with E-state index in [0.717, 1.165) is 19.3 Å². The average Bonchev–Trinajstić information content (AvgIpc) is 2.79. The third-order valence-electron chi connectivity index (χ3n) is 5.50. The highest BCUT2D eigenvalue weighted by atomic mass is 35.5. The summed E-state index contributed by atoms with van der Waals surface area (Å²) < 4.78 is 5.45. The molecule has 2 aromatic rings. The Morgan fingerprint density at radius 2 is 1.83 bits per heavy atom. The molecule has 3 N–H and O–H groups in total. The molecule has 0 unspecified atom stereocenters. The van der Waals surface area contributed by atoms with Gasteiger partial charge in [0.05, 0.1) is 15.7 Å². The van der Waals surface area contributed by atoms with Crippen LogP contribution in [0.15, 0.2) is 24.4 Å². The van der Waals surface area contributed by atoms with Crippen LogP contribution >= 0.6 is 34.8 Å². The molecule has 1 saturated heterocycles. The predicted octanol–water partition coefficient (Wildman–Crippen LogP) is 5.41. The van der Waals surface area contributed by atoms with Crippen LogP contribution < -0.4 is 16.2 Å². The van der Waals surface area contributed by atoms with Crippen LogP contribution in [0, 0.1) is 5.92 Å². The quantitative estimate of drug-likeness (QED) is 0.285. The molecule has 0 aliphatic carbocycles. The normalized spacial score (nSPS) is 14.5. The number of halogens is 3. The van der Waals surface area contributed by atoms with E-state index in [1.807, 2.05) is 20.8 Å². The largest absolute Gasteiger partial charge is 0.444 e. The number of rotatable bonds is 6. The highest BCUT2D eigenvalue weighted by Crippen LogP contribution is 2.31. The standard InChI is InChI=1S/C23H29Cl3N6O3/c1-23(2,3)35-22(34)31-10-7-14(8-11-31)9-12-32(27)19-15(13-28-21(26)30-19)20(33)29-18-16(24)5-4-6-17(18)25/h4-6,13-14H,7-12,27H2,1-3H3,(H,29,33). The van der Waals surface area contributed by atoms with Crippen molar-refractivity contribution in [3.8, 4) is 0 Å². The number of amides is 2. The minimum absolute atomic E-state index is 0.0338. The van der Waals surface area contributed by atoms with E-state index in [-0.39, 0.29) is 28.4 Å². The third kappa shape index (κ3) is 7.57. The van der Waals surface area contributed by atoms with Gasteiger partial charge in [-0.1, -0.05) is 29.3 Å². The zero-order chi connectivity index (χ0) is 25.8. The molecule has 190 valence electrons. The molecule has 1 aliphatic rings. The summed E-state index contributed by atoms with van der Waals surface area (Å²) in [6.07, 6.45) is 3.43. The summed E-state index contributed by atoms with van der Waals surface area (Å²) in [6.45, 7) is 7.22. The molecular formula is C23H29Cl3N6O3. The highest BCUT2D eigenvalue weighted by Gasteiger charge is 2.27. The van der Waals surface area contributed by atoms with Crippen LogP contribution in [0.25, 0.3) is 0 Å². The summed E-state index contributed by atoms with van der Waals surface area (Å²) in [6, 6.07) is 4.91. The number of nitrogens with zero attached hydrogens (tertiary/aromatic N) is 4. The molecule has 1 aromatic carbocycles. The van der Waals surface area contributed by atoms with Gasteiger partial charge in [-0.15, -0.1) is 0 Å². The predicted molar refractivity (Wildman–Crippen MR) is 138 cm³/mol. The number of hydrogen-bond acceptors (Lipinski definition) is 7. The maximum absolute atomic E-state index is 13.0. The zero-order valence-electron chi connectivity index (χ0n) is 19.9. The van der Waals surface area contributed by atoms with Crippen LogP contribution in [-0.2, 0) is 4.74 Å². The number of para-hydroxylation sites is 1. The molecule has 12 heteroatoms. The minimum Gasteiger partial charge on any atom is -0.444 e. The number of likely N-dealkylation sites (tertiary alicyclic amines) is 1. The maximum atomic E-state index is 13.0. The van der Waals surface area contributed by atoms with Crippen molar-refractivity contribution in [3.05, 3.63) is 45.3 Å². The molecule has 0 spiro atoms. The fraction of sp³-hybridized carbons (Fsp3) is 0.478. The summed E-state index contributed by atoms with van der Waals surface area (Å²) in [7, 11) is 0. The fourth-order valence-corrected chi connectivity index (χ4v) is 4.31. The summed E-state index contributed by atoms with van der Waals surface area (Å²) in [4.78, 5) is 35.1. The first-order chi connectivity index (χ1) is 16.4. The number of piperidine rings is 1. The lowest BCUT2D eigenvalue weighted by molar-refractivity contribution is 0.0182. The van der Waals surface area contributed by atoms with Gasteiger partial charge in [0.15, 0.2) is 5.82 Å². The van der Waals surface area contributed by atoms with Crippen LogP contribution in [-0.4, -0.2) is 52.1 Å². The van der Waals surface area contributed by atoms with E-state index >= 15 is 0 Å². The van der Waals surface area contributed by atoms with E-state index < -0.39 is 11.5 Å². The summed E-state index contributed by atoms with van der Waals surface area (Å²) in [5, 5.41) is 4.63. The zero-order valence-corrected chi connectivity index (χ0v) is 22.1. The van der Waals surface area contributed by atoms with Gasteiger partial charge in [0, 0.05) is 25.8 Å². The molecule has 1 fully saturated rings. The van der Waals surface area contributed by atoms with Crippen LogP contribution in [0.2, 0.25) is 15.3 Å². The number of ether oxygens (including phenoxy) is 1. The Hall–Kier alpha value is -2.33. The van der Waals surface area contributed by atoms with Crippen molar-refractivity contribution >= 4 is 58.3 Å². The maximum Gasteiger partial charge on any atom is 0.410 e. The van der Waals surface area contributed by atoms with Gasteiger partial charge in [-0.2, -0.15) is 4.98 Å². The van der Waals surface area contributed by atoms with E-state index in [0.29, 0.717) is 35.6 Å². The van der Waals surface area contributed by atoms with Gasteiger partial charge in [-0.05, 0) is 69.7 Å². The van der Waals surface area contributed by atoms with Crippen molar-refractivity contribution in [2.24, 2.45) is 11.8 Å². The lowest BCUT2D eigenvalue weighted by Gasteiger charge is -2.34. The smallest absolute Gasteiger partial charge is 0.410 e. The third-order valence-corrected chi connectivity index (χ3v) is 6.31. The number of benzene rings is 1. The summed E-state index contributed by atoms with van der Waals surface area (Å²) in [5.74, 6) is 6.31. The van der Waals surface area contributed by atoms with E-state index in [1.165, 1.54) is 11.2 Å². The van der Waals surface area contributed by atoms with Crippen molar-refractivity contribution in [3.63, 3.8) is 0 Å². The topological polar surface area (TPSA) is 114 Å². The number of nitrogens with two attached hydrogens (primary N) is 1. The minimum atomic E-state index is -0.521. The van der Waals surface area contributed by atoms with Gasteiger partial charge >= 0.3 is 6.09 Å². The number of hydrazine groups is 1. The molecule has 0 radical (unpaired) electrons. The van der Waals surface area contributed by atoms with Crippen molar-refractivity contribution in [2.75, 3.05) is 30.0 Å². The first-order valence-electron chi connectivity index (χ1n) is 11.2. The summed E-state index contributed by atoms with van der Waals surface area (Å²) in [5.41, 5.74) is -0.108. The number of carbonyl (C=O) groups is 2. The van der Waals surface area contributed by atoms with Gasteiger partial charge in [-0.3, -0.25) is 9.80 Å². The molecule has 0 saturated carbocycles. The molecule has 1 aromatic heterocycles. The molecule has 2 heterocycles. The number of nitrogens with one attached hydrogen (secondary N) is 1. The van der Waals surface area contributed by atoms with E-state index in [9.17, 15) is 9.59 Å². The van der Waals surface area contributed by atoms with E-state index in [4.69, 9.17) is 45.4 Å². The molecule has 3 rings (SSSR count). The Morgan fingerprint density at radius 3 is 2.43 bits per heavy atom. The first-order valence-corrected chi connectivity index (χ1v) is 12.4. The number of anilines is 2. The van der Waals surface area contributed by atoms with Crippen molar-refractivity contribution < 1.29 is 14.3 Å². The molecular weight excluding hydrogens is 515 g/mol. The lowest BCUT2D eigenvalue weighted by atomic mass is 9.93. The van der Waals surface area contributed by atoms with Crippen molar-refractivity contribution in [1.82, 2.24) is 14.9 Å².